The van der Waals surface area contributed by atoms with Crippen molar-refractivity contribution in [2.75, 3.05) is 0 Å². The van der Waals surface area contributed by atoms with Gasteiger partial charge in [0.1, 0.15) is 6.07 Å². The Kier molecular flexibility index (Phi) is 2.30. The van der Waals surface area contributed by atoms with Crippen molar-refractivity contribution in [1.29, 1.82) is 5.26 Å². The van der Waals surface area contributed by atoms with Crippen molar-refractivity contribution in [2.45, 2.75) is 0 Å². The van der Waals surface area contributed by atoms with E-state index in [0.717, 1.165) is 6.29 Å². The van der Waals surface area contributed by atoms with Crippen molar-refractivity contribution < 1.29 is 4.79 Å². The van der Waals surface area contributed by atoms with Gasteiger partial charge in [0, 0.05) is 12.4 Å². The van der Waals surface area contributed by atoms with E-state index in [9.17, 15) is 4.79 Å². The zero-order chi connectivity index (χ0) is 10.7. The van der Waals surface area contributed by atoms with Crippen LogP contribution < -0.4 is 0 Å². The highest BCUT2D eigenvalue weighted by Crippen LogP contribution is 2.12. The Bertz CT molecular complexity index is 537. The van der Waals surface area contributed by atoms with Gasteiger partial charge in [0.05, 0.1) is 11.3 Å². The van der Waals surface area contributed by atoms with Crippen LogP contribution in [0.3, 0.4) is 0 Å². The lowest BCUT2D eigenvalue weighted by molar-refractivity contribution is 0.111. The fourth-order valence-electron chi connectivity index (χ4n) is 1.36. The van der Waals surface area contributed by atoms with E-state index in [4.69, 9.17) is 5.26 Å². The second-order valence-electron chi connectivity index (χ2n) is 2.91. The quantitative estimate of drug-likeness (QED) is 0.686. The Labute approximate surface area is 86.4 Å². The molecule has 0 radical (unpaired) electrons. The molecule has 0 atom stereocenters. The predicted molar refractivity (Wildman–Crippen MR) is 53.7 cm³/mol. The highest BCUT2D eigenvalue weighted by Gasteiger charge is 2.07. The van der Waals surface area contributed by atoms with E-state index in [1.807, 2.05) is 6.07 Å². The molecule has 72 valence electrons. The number of carbonyl (C=O) groups is 1. The van der Waals surface area contributed by atoms with Gasteiger partial charge in [-0.05, 0) is 24.3 Å². The van der Waals surface area contributed by atoms with Crippen LogP contribution in [0.1, 0.15) is 16.1 Å². The van der Waals surface area contributed by atoms with E-state index < -0.39 is 0 Å². The number of carbonyl (C=O) groups excluding carboxylic acids is 1. The summed E-state index contributed by atoms with van der Waals surface area (Å²) in [6, 6.07) is 8.79. The largest absolute Gasteiger partial charge is 0.297 e. The summed E-state index contributed by atoms with van der Waals surface area (Å²) in [5, 5.41) is 8.89. The maximum atomic E-state index is 10.7. The number of nitrogens with zero attached hydrogens (tertiary/aromatic N) is 3. The van der Waals surface area contributed by atoms with Crippen LogP contribution in [-0.2, 0) is 0 Å². The van der Waals surface area contributed by atoms with Crippen LogP contribution in [0.5, 0.6) is 0 Å². The minimum Gasteiger partial charge on any atom is -0.297 e. The van der Waals surface area contributed by atoms with Crippen molar-refractivity contribution in [1.82, 2.24) is 9.55 Å². The highest BCUT2D eigenvalue weighted by molar-refractivity contribution is 5.73. The minimum absolute atomic E-state index is 0.441. The molecule has 0 bridgehead atoms. The number of pyridine rings is 1. The molecule has 4 heteroatoms. The molecule has 0 fully saturated rings. The lowest BCUT2D eigenvalue weighted by Gasteiger charge is -2.05. The summed E-state index contributed by atoms with van der Waals surface area (Å²) >= 11 is 0. The van der Waals surface area contributed by atoms with Crippen LogP contribution in [0.2, 0.25) is 0 Å². The van der Waals surface area contributed by atoms with Gasteiger partial charge in [-0.2, -0.15) is 5.26 Å². The van der Waals surface area contributed by atoms with E-state index in [-0.39, 0.29) is 0 Å². The first-order chi connectivity index (χ1) is 7.36. The Morgan fingerprint density at radius 1 is 1.40 bits per heavy atom. The molecular weight excluding hydrogens is 190 g/mol. The van der Waals surface area contributed by atoms with Gasteiger partial charge in [0.2, 0.25) is 0 Å². The van der Waals surface area contributed by atoms with Crippen molar-refractivity contribution >= 4 is 6.29 Å². The van der Waals surface area contributed by atoms with Gasteiger partial charge >= 0.3 is 0 Å². The summed E-state index contributed by atoms with van der Waals surface area (Å²) in [4.78, 5) is 14.8. The molecular formula is C11H7N3O. The molecule has 15 heavy (non-hydrogen) atoms. The van der Waals surface area contributed by atoms with Crippen molar-refractivity contribution in [3.8, 4) is 11.9 Å². The molecule has 0 aliphatic heterocycles. The Morgan fingerprint density at radius 2 is 2.27 bits per heavy atom. The number of aromatic nitrogens is 2. The summed E-state index contributed by atoms with van der Waals surface area (Å²) < 4.78 is 1.59. The Hall–Kier alpha value is -2.41. The SMILES string of the molecule is N#Cc1cccnc1-n1cccc1C=O. The van der Waals surface area contributed by atoms with Gasteiger partial charge in [0.25, 0.3) is 0 Å². The molecule has 0 N–H and O–H groups in total. The van der Waals surface area contributed by atoms with E-state index in [0.29, 0.717) is 17.1 Å². The summed E-state index contributed by atoms with van der Waals surface area (Å²) in [5.74, 6) is 0.479. The van der Waals surface area contributed by atoms with Gasteiger partial charge in [0.15, 0.2) is 12.1 Å². The molecule has 0 aliphatic carbocycles. The zero-order valence-corrected chi connectivity index (χ0v) is 7.79. The molecule has 2 aromatic rings. The lowest BCUT2D eigenvalue weighted by atomic mass is 10.3. The first-order valence-electron chi connectivity index (χ1n) is 4.35. The van der Waals surface area contributed by atoms with Gasteiger partial charge in [-0.15, -0.1) is 0 Å². The minimum atomic E-state index is 0.441. The fraction of sp³-hybridized carbons (Fsp3) is 0. The molecule has 0 saturated carbocycles. The van der Waals surface area contributed by atoms with Crippen molar-refractivity contribution in [3.63, 3.8) is 0 Å². The normalized spacial score (nSPS) is 9.53. The smallest absolute Gasteiger partial charge is 0.166 e. The van der Waals surface area contributed by atoms with Gasteiger partial charge in [-0.25, -0.2) is 4.98 Å². The fourth-order valence-corrected chi connectivity index (χ4v) is 1.36. The molecule has 0 amide bonds. The van der Waals surface area contributed by atoms with Crippen LogP contribution in [-0.4, -0.2) is 15.8 Å². The van der Waals surface area contributed by atoms with Crippen molar-refractivity contribution in [2.24, 2.45) is 0 Å². The first-order valence-corrected chi connectivity index (χ1v) is 4.35. The maximum Gasteiger partial charge on any atom is 0.166 e. The number of nitriles is 1. The van der Waals surface area contributed by atoms with Crippen LogP contribution >= 0.6 is 0 Å². The predicted octanol–water partition coefficient (Wildman–Crippen LogP) is 1.56. The molecule has 0 saturated heterocycles. The molecule has 0 aromatic carbocycles. The lowest BCUT2D eigenvalue weighted by Crippen LogP contribution is -2.02. The van der Waals surface area contributed by atoms with Crippen molar-refractivity contribution in [3.05, 3.63) is 47.9 Å². The van der Waals surface area contributed by atoms with Crippen LogP contribution in [0, 0.1) is 11.3 Å². The van der Waals surface area contributed by atoms with E-state index in [1.165, 1.54) is 0 Å². The van der Waals surface area contributed by atoms with Gasteiger partial charge in [-0.3, -0.25) is 9.36 Å². The Morgan fingerprint density at radius 3 is 3.00 bits per heavy atom. The molecule has 0 unspecified atom stereocenters. The maximum absolute atomic E-state index is 10.7. The summed E-state index contributed by atoms with van der Waals surface area (Å²) in [7, 11) is 0. The Balaban J connectivity index is 2.64. The van der Waals surface area contributed by atoms with Crippen LogP contribution in [0.4, 0.5) is 0 Å². The highest BCUT2D eigenvalue weighted by atomic mass is 16.1. The van der Waals surface area contributed by atoms with Crippen LogP contribution in [0.15, 0.2) is 36.7 Å². The third-order valence-corrected chi connectivity index (χ3v) is 2.04. The third kappa shape index (κ3) is 1.51. The third-order valence-electron chi connectivity index (χ3n) is 2.04. The number of hydrogen-bond donors (Lipinski definition) is 0. The number of rotatable bonds is 2. The van der Waals surface area contributed by atoms with Gasteiger partial charge < -0.3 is 0 Å². The zero-order valence-electron chi connectivity index (χ0n) is 7.79. The second kappa shape index (κ2) is 3.76. The standard InChI is InChI=1S/C11H7N3O/c12-7-9-3-1-5-13-11(9)14-6-2-4-10(14)8-15/h1-6,8H. The van der Waals surface area contributed by atoms with E-state index >= 15 is 0 Å². The second-order valence-corrected chi connectivity index (χ2v) is 2.91. The van der Waals surface area contributed by atoms with E-state index in [2.05, 4.69) is 4.98 Å². The molecule has 2 aromatic heterocycles. The summed E-state index contributed by atoms with van der Waals surface area (Å²) in [6.07, 6.45) is 4.02. The molecule has 2 rings (SSSR count). The average molecular weight is 197 g/mol. The molecule has 4 nitrogen and oxygen atoms in total. The summed E-state index contributed by atoms with van der Waals surface area (Å²) in [6.45, 7) is 0. The van der Waals surface area contributed by atoms with Crippen LogP contribution in [0.25, 0.3) is 5.82 Å². The molecule has 0 aliphatic rings. The summed E-state index contributed by atoms with van der Waals surface area (Å²) in [5.41, 5.74) is 0.919. The molecule has 0 spiro atoms. The number of aldehydes is 1. The number of hydrogen-bond acceptors (Lipinski definition) is 3. The molecule has 2 heterocycles. The topological polar surface area (TPSA) is 58.7 Å². The first kappa shape index (κ1) is 9.16. The average Bonchev–Trinajstić information content (AvgIpc) is 2.76. The van der Waals surface area contributed by atoms with E-state index in [1.54, 1.807) is 41.2 Å². The monoisotopic (exact) mass is 197 g/mol. The van der Waals surface area contributed by atoms with Gasteiger partial charge in [-0.1, -0.05) is 0 Å².